The van der Waals surface area contributed by atoms with Crippen LogP contribution in [0.3, 0.4) is 0 Å². The molecular weight excluding hydrogens is 508 g/mol. The van der Waals surface area contributed by atoms with E-state index in [1.165, 1.54) is 16.9 Å². The lowest BCUT2D eigenvalue weighted by Crippen LogP contribution is -2.58. The maximum Gasteiger partial charge on any atom is 0.265 e. The highest BCUT2D eigenvalue weighted by Crippen LogP contribution is 2.39. The van der Waals surface area contributed by atoms with Gasteiger partial charge in [0.15, 0.2) is 14.6 Å². The quantitative estimate of drug-likeness (QED) is 0.225. The van der Waals surface area contributed by atoms with Crippen LogP contribution in [0.1, 0.15) is 37.7 Å². The Balaban J connectivity index is 1.17. The molecule has 1 saturated carbocycles. The van der Waals surface area contributed by atoms with Crippen LogP contribution in [0, 0.1) is 6.92 Å². The van der Waals surface area contributed by atoms with E-state index in [9.17, 15) is 18.4 Å². The number of amides is 1. The van der Waals surface area contributed by atoms with Gasteiger partial charge in [0.05, 0.1) is 18.0 Å². The molecule has 2 fully saturated rings. The minimum Gasteiger partial charge on any atom is -0.494 e. The summed E-state index contributed by atoms with van der Waals surface area (Å²) in [6, 6.07) is 14.5. The minimum atomic E-state index is -4.05. The molecule has 1 saturated heterocycles. The van der Waals surface area contributed by atoms with Crippen LogP contribution in [0.15, 0.2) is 53.4 Å². The summed E-state index contributed by atoms with van der Waals surface area (Å²) < 4.78 is 31.3. The Morgan fingerprint density at radius 2 is 1.79 bits per heavy atom. The summed E-state index contributed by atoms with van der Waals surface area (Å²) >= 11 is 0. The molecule has 0 unspecified atom stereocenters. The van der Waals surface area contributed by atoms with E-state index in [1.54, 1.807) is 17.6 Å². The number of nitrogens with one attached hydrogen (secondary N) is 1. The lowest BCUT2D eigenvalue weighted by Gasteiger charge is -2.39. The van der Waals surface area contributed by atoms with Gasteiger partial charge in [-0.25, -0.2) is 13.9 Å². The maximum atomic E-state index is 13.6. The van der Waals surface area contributed by atoms with E-state index < -0.39 is 20.5 Å². The molecule has 2 N–H and O–H groups in total. The van der Waals surface area contributed by atoms with E-state index in [4.69, 9.17) is 4.74 Å². The molecule has 0 radical (unpaired) electrons. The van der Waals surface area contributed by atoms with E-state index in [0.717, 1.165) is 24.0 Å². The second kappa shape index (κ2) is 10.8. The zero-order valence-corrected chi connectivity index (χ0v) is 22.1. The number of hydrogen-bond acceptors (Lipinski definition) is 9. The van der Waals surface area contributed by atoms with Gasteiger partial charge in [0.25, 0.3) is 5.91 Å². The van der Waals surface area contributed by atoms with Crippen molar-refractivity contribution in [3.05, 3.63) is 54.1 Å². The smallest absolute Gasteiger partial charge is 0.265 e. The lowest BCUT2D eigenvalue weighted by atomic mass is 9.94. The summed E-state index contributed by atoms with van der Waals surface area (Å²) in [4.78, 5) is 16.4. The number of carbonyl (C=O) groups excluding carboxylic acids is 1. The van der Waals surface area contributed by atoms with Crippen LogP contribution in [0.4, 0.5) is 0 Å². The van der Waals surface area contributed by atoms with Gasteiger partial charge in [-0.2, -0.15) is 4.80 Å². The summed E-state index contributed by atoms with van der Waals surface area (Å²) in [7, 11) is -4.05. The van der Waals surface area contributed by atoms with Crippen molar-refractivity contribution in [2.75, 3.05) is 19.7 Å². The molecule has 1 aliphatic carbocycles. The molecule has 1 aliphatic heterocycles. The molecule has 2 heterocycles. The van der Waals surface area contributed by atoms with Gasteiger partial charge >= 0.3 is 0 Å². The summed E-state index contributed by atoms with van der Waals surface area (Å²) in [5.41, 5.74) is 3.67. The molecule has 1 amide bonds. The molecule has 3 aromatic rings. The van der Waals surface area contributed by atoms with Crippen molar-refractivity contribution in [1.29, 1.82) is 0 Å². The number of benzene rings is 2. The minimum absolute atomic E-state index is 0.0313. The zero-order valence-electron chi connectivity index (χ0n) is 21.3. The second-order valence-corrected chi connectivity index (χ2v) is 12.2. The molecule has 11 nitrogen and oxygen atoms in total. The second-order valence-electron chi connectivity index (χ2n) is 9.95. The number of tetrazole rings is 1. The van der Waals surface area contributed by atoms with E-state index in [2.05, 4.69) is 20.3 Å². The first-order valence-electron chi connectivity index (χ1n) is 12.8. The summed E-state index contributed by atoms with van der Waals surface area (Å²) in [5.74, 6) is 0.203. The van der Waals surface area contributed by atoms with Crippen LogP contribution in [-0.2, 0) is 21.2 Å². The van der Waals surface area contributed by atoms with Gasteiger partial charge in [-0.3, -0.25) is 10.0 Å². The third-order valence-electron chi connectivity index (χ3n) is 7.37. The van der Waals surface area contributed by atoms with Crippen molar-refractivity contribution in [3.63, 3.8) is 0 Å². The van der Waals surface area contributed by atoms with Crippen LogP contribution in [0.5, 0.6) is 5.75 Å². The number of hydrogen-bond donors (Lipinski definition) is 2. The Hall–Kier alpha value is -3.35. The monoisotopic (exact) mass is 540 g/mol. The molecular formula is C26H32N6O5S. The first-order valence-corrected chi connectivity index (χ1v) is 14.3. The predicted molar refractivity (Wildman–Crippen MR) is 138 cm³/mol. The van der Waals surface area contributed by atoms with E-state index in [-0.39, 0.29) is 17.7 Å². The lowest BCUT2D eigenvalue weighted by molar-refractivity contribution is -0.133. The number of sulfone groups is 1. The number of nitrogens with zero attached hydrogens (tertiary/aromatic N) is 5. The average molecular weight is 541 g/mol. The highest BCUT2D eigenvalue weighted by molar-refractivity contribution is 7.93. The summed E-state index contributed by atoms with van der Waals surface area (Å²) in [6.07, 6.45) is 3.12. The van der Waals surface area contributed by atoms with Crippen LogP contribution in [0.2, 0.25) is 0 Å². The van der Waals surface area contributed by atoms with Crippen LogP contribution >= 0.6 is 0 Å². The van der Waals surface area contributed by atoms with Gasteiger partial charge in [0, 0.05) is 31.1 Å². The fraction of sp³-hybridized carbons (Fsp3) is 0.462. The number of aryl methyl sites for hydroxylation is 2. The predicted octanol–water partition coefficient (Wildman–Crippen LogP) is 2.39. The molecule has 0 bridgehead atoms. The van der Waals surface area contributed by atoms with E-state index >= 15 is 0 Å². The molecule has 2 aliphatic rings. The fourth-order valence-electron chi connectivity index (χ4n) is 4.90. The molecule has 202 valence electrons. The third-order valence-corrected chi connectivity index (χ3v) is 9.88. The number of carbonyl (C=O) groups is 1. The van der Waals surface area contributed by atoms with Crippen molar-refractivity contribution in [2.45, 2.75) is 61.3 Å². The van der Waals surface area contributed by atoms with Crippen molar-refractivity contribution >= 4 is 15.7 Å². The summed E-state index contributed by atoms with van der Waals surface area (Å²) in [5, 5.41) is 21.9. The Morgan fingerprint density at radius 3 is 2.42 bits per heavy atom. The first-order chi connectivity index (χ1) is 18.3. The van der Waals surface area contributed by atoms with Gasteiger partial charge in [-0.15, -0.1) is 10.2 Å². The number of aromatic nitrogens is 4. The van der Waals surface area contributed by atoms with Gasteiger partial charge < -0.3 is 9.64 Å². The number of piperidine rings is 1. The summed E-state index contributed by atoms with van der Waals surface area (Å²) in [6.45, 7) is 3.92. The van der Waals surface area contributed by atoms with Crippen molar-refractivity contribution < 1.29 is 23.2 Å². The van der Waals surface area contributed by atoms with Gasteiger partial charge in [-0.05, 0) is 62.1 Å². The molecule has 0 atom stereocenters. The van der Waals surface area contributed by atoms with Crippen LogP contribution in [-0.4, -0.2) is 75.1 Å². The molecule has 5 rings (SSSR count). The van der Waals surface area contributed by atoms with Gasteiger partial charge in [0.2, 0.25) is 5.82 Å². The molecule has 2 aromatic carbocycles. The number of hydroxylamine groups is 1. The maximum absolute atomic E-state index is 13.6. The Labute approximate surface area is 221 Å². The van der Waals surface area contributed by atoms with E-state index in [1.807, 2.05) is 31.2 Å². The highest BCUT2D eigenvalue weighted by atomic mass is 32.2. The van der Waals surface area contributed by atoms with Crippen LogP contribution < -0.4 is 10.2 Å². The van der Waals surface area contributed by atoms with Crippen molar-refractivity contribution in [1.82, 2.24) is 30.6 Å². The molecule has 1 aromatic heterocycles. The van der Waals surface area contributed by atoms with Gasteiger partial charge in [0.1, 0.15) is 5.75 Å². The van der Waals surface area contributed by atoms with Gasteiger partial charge in [-0.1, -0.05) is 29.8 Å². The highest BCUT2D eigenvalue weighted by Gasteiger charge is 2.53. The third kappa shape index (κ3) is 5.29. The number of ether oxygens (including phenoxy) is 1. The normalized spacial score (nSPS) is 17.7. The molecule has 38 heavy (non-hydrogen) atoms. The average Bonchev–Trinajstić information content (AvgIpc) is 3.69. The van der Waals surface area contributed by atoms with Crippen molar-refractivity contribution in [2.24, 2.45) is 0 Å². The SMILES string of the molecule is Cc1ccc(-c2nnn(CCCOc3ccc(S(=O)(=O)C4(C(=O)NO)CCN(C5CC5)CC4)cc3)n2)cc1. The largest absolute Gasteiger partial charge is 0.494 e. The van der Waals surface area contributed by atoms with Crippen molar-refractivity contribution in [3.8, 4) is 17.1 Å². The fourth-order valence-corrected chi connectivity index (χ4v) is 6.86. The Kier molecular flexibility index (Phi) is 7.46. The first kappa shape index (κ1) is 26.3. The van der Waals surface area contributed by atoms with Crippen LogP contribution in [0.25, 0.3) is 11.4 Å². The standard InChI is InChI=1S/C26H32N6O5S/c1-19-3-5-20(6-4-19)24-27-30-32(28-24)15-2-18-37-22-9-11-23(12-10-22)38(35,36)26(25(33)29-34)13-16-31(17-14-26)21-7-8-21/h3-6,9-12,21,34H,2,7-8,13-18H2,1H3,(H,29,33). The number of likely N-dealkylation sites (tertiary alicyclic amines) is 1. The molecule has 0 spiro atoms. The number of rotatable bonds is 10. The molecule has 12 heteroatoms. The topological polar surface area (TPSA) is 140 Å². The Bertz CT molecular complexity index is 1360. The Morgan fingerprint density at radius 1 is 1.11 bits per heavy atom. The van der Waals surface area contributed by atoms with E-state index in [0.29, 0.717) is 50.3 Å². The zero-order chi connectivity index (χ0) is 26.8.